The maximum absolute atomic E-state index is 11.5. The van der Waals surface area contributed by atoms with Crippen LogP contribution in [0.1, 0.15) is 18.1 Å². The Hall–Kier alpha value is -1.36. The van der Waals surface area contributed by atoms with Crippen LogP contribution in [0.2, 0.25) is 0 Å². The van der Waals surface area contributed by atoms with Gasteiger partial charge in [0, 0.05) is 18.7 Å². The number of carbonyl (C=O) groups is 2. The molecule has 1 aromatic rings. The second-order valence-electron chi connectivity index (χ2n) is 3.93. The van der Waals surface area contributed by atoms with Gasteiger partial charge in [-0.2, -0.15) is 0 Å². The van der Waals surface area contributed by atoms with E-state index in [0.717, 1.165) is 16.5 Å². The fourth-order valence-electron chi connectivity index (χ4n) is 1.58. The zero-order chi connectivity index (χ0) is 13.5. The zero-order valence-corrected chi connectivity index (χ0v) is 12.0. The summed E-state index contributed by atoms with van der Waals surface area (Å²) in [6, 6.07) is 7.20. The number of amides is 1. The summed E-state index contributed by atoms with van der Waals surface area (Å²) in [6.07, 6.45) is 0.425. The Kier molecular flexibility index (Phi) is 5.85. The molecule has 0 aromatic heterocycles. The lowest BCUT2D eigenvalue weighted by Crippen LogP contribution is -2.41. The fraction of sp³-hybridized carbons (Fsp3) is 0.385. The summed E-state index contributed by atoms with van der Waals surface area (Å²) in [7, 11) is 1.31. The molecule has 0 aliphatic heterocycles. The molecule has 0 heterocycles. The number of esters is 1. The van der Waals surface area contributed by atoms with Crippen molar-refractivity contribution in [2.24, 2.45) is 0 Å². The van der Waals surface area contributed by atoms with Crippen molar-refractivity contribution in [3.8, 4) is 0 Å². The minimum atomic E-state index is -0.637. The van der Waals surface area contributed by atoms with Gasteiger partial charge in [-0.3, -0.25) is 4.79 Å². The second-order valence-corrected chi connectivity index (χ2v) is 4.49. The molecule has 5 heteroatoms. The molecule has 18 heavy (non-hydrogen) atoms. The van der Waals surface area contributed by atoms with Crippen molar-refractivity contribution in [2.75, 3.05) is 7.11 Å². The van der Waals surface area contributed by atoms with Crippen LogP contribution in [0, 0.1) is 0 Å². The third kappa shape index (κ3) is 4.49. The summed E-state index contributed by atoms with van der Waals surface area (Å²) in [6.45, 7) is 1.38. The smallest absolute Gasteiger partial charge is 0.328 e. The second kappa shape index (κ2) is 7.16. The molecule has 1 aromatic carbocycles. The molecule has 0 unspecified atom stereocenters. The van der Waals surface area contributed by atoms with Crippen molar-refractivity contribution in [1.82, 2.24) is 5.32 Å². The molecule has 0 aliphatic carbocycles. The van der Waals surface area contributed by atoms with Crippen LogP contribution >= 0.6 is 15.9 Å². The van der Waals surface area contributed by atoms with Gasteiger partial charge in [-0.05, 0) is 11.1 Å². The van der Waals surface area contributed by atoms with E-state index in [1.165, 1.54) is 14.0 Å². The minimum absolute atomic E-state index is 0.248. The van der Waals surface area contributed by atoms with Gasteiger partial charge in [0.2, 0.25) is 5.91 Å². The topological polar surface area (TPSA) is 55.4 Å². The predicted molar refractivity (Wildman–Crippen MR) is 72.4 cm³/mol. The Morgan fingerprint density at radius 1 is 1.28 bits per heavy atom. The minimum Gasteiger partial charge on any atom is -0.467 e. The van der Waals surface area contributed by atoms with Gasteiger partial charge in [-0.25, -0.2) is 4.79 Å². The number of ether oxygens (including phenoxy) is 1. The first-order chi connectivity index (χ1) is 8.56. The summed E-state index contributed by atoms with van der Waals surface area (Å²) in [5, 5.41) is 3.38. The van der Waals surface area contributed by atoms with Crippen LogP contribution in [-0.2, 0) is 26.1 Å². The lowest BCUT2D eigenvalue weighted by atomic mass is 10.0. The average Bonchev–Trinajstić information content (AvgIpc) is 2.37. The van der Waals surface area contributed by atoms with E-state index in [1.807, 2.05) is 24.3 Å². The highest BCUT2D eigenvalue weighted by Gasteiger charge is 2.20. The summed E-state index contributed by atoms with van der Waals surface area (Å²) < 4.78 is 4.67. The van der Waals surface area contributed by atoms with Crippen molar-refractivity contribution < 1.29 is 14.3 Å². The van der Waals surface area contributed by atoms with Gasteiger partial charge in [-0.1, -0.05) is 40.2 Å². The van der Waals surface area contributed by atoms with Crippen molar-refractivity contribution in [2.45, 2.75) is 24.7 Å². The maximum Gasteiger partial charge on any atom is 0.328 e. The van der Waals surface area contributed by atoms with Gasteiger partial charge in [0.15, 0.2) is 0 Å². The van der Waals surface area contributed by atoms with Crippen LogP contribution < -0.4 is 5.32 Å². The standard InChI is InChI=1S/C13H16BrNO3/c1-9(16)15-12(13(17)18-2)7-10-3-5-11(8-14)6-4-10/h3-6,12H,7-8H2,1-2H3,(H,15,16)/t12-/m0/s1. The average molecular weight is 314 g/mol. The maximum atomic E-state index is 11.5. The molecule has 1 atom stereocenters. The molecular formula is C13H16BrNO3. The molecule has 0 fully saturated rings. The first-order valence-electron chi connectivity index (χ1n) is 5.55. The first kappa shape index (κ1) is 14.7. The highest BCUT2D eigenvalue weighted by atomic mass is 79.9. The molecule has 1 amide bonds. The van der Waals surface area contributed by atoms with E-state index in [1.54, 1.807) is 0 Å². The van der Waals surface area contributed by atoms with Gasteiger partial charge in [-0.15, -0.1) is 0 Å². The Bertz CT molecular complexity index is 417. The largest absolute Gasteiger partial charge is 0.467 e. The van der Waals surface area contributed by atoms with Gasteiger partial charge in [0.1, 0.15) is 6.04 Å². The van der Waals surface area contributed by atoms with E-state index in [2.05, 4.69) is 26.0 Å². The Labute approximate surface area is 115 Å². The molecule has 98 valence electrons. The van der Waals surface area contributed by atoms with Gasteiger partial charge >= 0.3 is 5.97 Å². The van der Waals surface area contributed by atoms with Crippen LogP contribution in [0.25, 0.3) is 0 Å². The SMILES string of the molecule is COC(=O)[C@H](Cc1ccc(CBr)cc1)NC(C)=O. The fourth-order valence-corrected chi connectivity index (χ4v) is 1.95. The molecule has 1 N–H and O–H groups in total. The van der Waals surface area contributed by atoms with Gasteiger partial charge in [0.05, 0.1) is 7.11 Å². The predicted octanol–water partition coefficient (Wildman–Crippen LogP) is 1.80. The quantitative estimate of drug-likeness (QED) is 0.666. The molecule has 0 bridgehead atoms. The van der Waals surface area contributed by atoms with E-state index in [0.29, 0.717) is 6.42 Å². The highest BCUT2D eigenvalue weighted by molar-refractivity contribution is 9.08. The normalized spacial score (nSPS) is 11.7. The van der Waals surface area contributed by atoms with Crippen LogP contribution in [0.3, 0.4) is 0 Å². The number of rotatable bonds is 5. The number of benzene rings is 1. The van der Waals surface area contributed by atoms with E-state index in [9.17, 15) is 9.59 Å². The van der Waals surface area contributed by atoms with Crippen LogP contribution in [0.15, 0.2) is 24.3 Å². The summed E-state index contributed by atoms with van der Waals surface area (Å²) >= 11 is 3.37. The Morgan fingerprint density at radius 3 is 2.28 bits per heavy atom. The summed E-state index contributed by atoms with van der Waals surface area (Å²) in [4.78, 5) is 22.6. The molecule has 0 saturated heterocycles. The lowest BCUT2D eigenvalue weighted by molar-refractivity contribution is -0.144. The molecule has 0 aliphatic rings. The van der Waals surface area contributed by atoms with Crippen LogP contribution in [0.4, 0.5) is 0 Å². The number of alkyl halides is 1. The van der Waals surface area contributed by atoms with E-state index < -0.39 is 12.0 Å². The first-order valence-corrected chi connectivity index (χ1v) is 6.67. The van der Waals surface area contributed by atoms with Crippen LogP contribution in [0.5, 0.6) is 0 Å². The van der Waals surface area contributed by atoms with Crippen molar-refractivity contribution in [3.63, 3.8) is 0 Å². The zero-order valence-electron chi connectivity index (χ0n) is 10.4. The lowest BCUT2D eigenvalue weighted by Gasteiger charge is -2.15. The number of methoxy groups -OCH3 is 1. The molecule has 0 saturated carbocycles. The molecule has 4 nitrogen and oxygen atoms in total. The molecule has 0 radical (unpaired) electrons. The van der Waals surface area contributed by atoms with Crippen molar-refractivity contribution in [3.05, 3.63) is 35.4 Å². The number of halogens is 1. The number of nitrogens with one attached hydrogen (secondary N) is 1. The Morgan fingerprint density at radius 2 is 1.83 bits per heavy atom. The third-order valence-corrected chi connectivity index (χ3v) is 3.13. The van der Waals surface area contributed by atoms with E-state index in [-0.39, 0.29) is 5.91 Å². The summed E-state index contributed by atoms with van der Waals surface area (Å²) in [5.74, 6) is -0.683. The third-order valence-electron chi connectivity index (χ3n) is 2.48. The van der Waals surface area contributed by atoms with Crippen molar-refractivity contribution >= 4 is 27.8 Å². The molecular weight excluding hydrogens is 298 g/mol. The molecule has 0 spiro atoms. The number of carbonyl (C=O) groups excluding carboxylic acids is 2. The van der Waals surface area contributed by atoms with E-state index in [4.69, 9.17) is 0 Å². The van der Waals surface area contributed by atoms with Gasteiger partial charge < -0.3 is 10.1 Å². The van der Waals surface area contributed by atoms with Crippen molar-refractivity contribution in [1.29, 1.82) is 0 Å². The Balaban J connectivity index is 2.75. The molecule has 1 rings (SSSR count). The number of hydrogen-bond acceptors (Lipinski definition) is 3. The van der Waals surface area contributed by atoms with Crippen LogP contribution in [-0.4, -0.2) is 25.0 Å². The highest BCUT2D eigenvalue weighted by Crippen LogP contribution is 2.10. The van der Waals surface area contributed by atoms with E-state index >= 15 is 0 Å². The monoisotopic (exact) mass is 313 g/mol. The van der Waals surface area contributed by atoms with Gasteiger partial charge in [0.25, 0.3) is 0 Å². The summed E-state index contributed by atoms with van der Waals surface area (Å²) in [5.41, 5.74) is 2.14. The number of hydrogen-bond donors (Lipinski definition) is 1.